The highest BCUT2D eigenvalue weighted by atomic mass is 16.5. The van der Waals surface area contributed by atoms with Gasteiger partial charge >= 0.3 is 5.97 Å². The number of allylic oxidation sites excluding steroid dienone is 1. The molecular formula is C24H47NO2. The van der Waals surface area contributed by atoms with Gasteiger partial charge in [0.2, 0.25) is 0 Å². The Morgan fingerprint density at radius 1 is 0.704 bits per heavy atom. The number of nitrogens with one attached hydrogen (secondary N) is 1. The Morgan fingerprint density at radius 2 is 1.11 bits per heavy atom. The summed E-state index contributed by atoms with van der Waals surface area (Å²) < 4.78 is 4.89. The molecule has 0 saturated carbocycles. The van der Waals surface area contributed by atoms with Gasteiger partial charge in [-0.15, -0.1) is 0 Å². The van der Waals surface area contributed by atoms with Crippen LogP contribution in [-0.2, 0) is 9.53 Å². The average molecular weight is 382 g/mol. The zero-order chi connectivity index (χ0) is 20.0. The molecule has 27 heavy (non-hydrogen) atoms. The van der Waals surface area contributed by atoms with Gasteiger partial charge in [-0.1, -0.05) is 103 Å². The van der Waals surface area contributed by atoms with Crippen LogP contribution < -0.4 is 5.32 Å². The summed E-state index contributed by atoms with van der Waals surface area (Å²) in [5, 5.41) is 3.28. The Morgan fingerprint density at radius 3 is 1.52 bits per heavy atom. The van der Waals surface area contributed by atoms with Gasteiger partial charge in [0.1, 0.15) is 0 Å². The predicted octanol–water partition coefficient (Wildman–Crippen LogP) is 7.30. The van der Waals surface area contributed by atoms with Gasteiger partial charge in [-0.3, -0.25) is 0 Å². The Labute approximate surface area is 169 Å². The summed E-state index contributed by atoms with van der Waals surface area (Å²) in [6.45, 7) is 7.41. The largest absolute Gasteiger partial charge is 0.463 e. The molecule has 0 aromatic carbocycles. The second kappa shape index (κ2) is 21.3. The maximum Gasteiger partial charge on any atom is 0.332 e. The summed E-state index contributed by atoms with van der Waals surface area (Å²) in [6.07, 6.45) is 23.8. The molecule has 0 rings (SSSR count). The third-order valence-corrected chi connectivity index (χ3v) is 5.06. The zero-order valence-electron chi connectivity index (χ0n) is 18.6. The van der Waals surface area contributed by atoms with Crippen LogP contribution in [0.15, 0.2) is 11.8 Å². The van der Waals surface area contributed by atoms with Crippen LogP contribution in [0.3, 0.4) is 0 Å². The first-order chi connectivity index (χ1) is 13.2. The molecule has 3 heteroatoms. The molecule has 0 heterocycles. The van der Waals surface area contributed by atoms with Crippen LogP contribution in [0.4, 0.5) is 0 Å². The Bertz CT molecular complexity index is 352. The van der Waals surface area contributed by atoms with Crippen molar-refractivity contribution in [2.75, 3.05) is 13.2 Å². The lowest BCUT2D eigenvalue weighted by Gasteiger charge is -2.06. The van der Waals surface area contributed by atoms with Gasteiger partial charge in [0.15, 0.2) is 0 Å². The monoisotopic (exact) mass is 381 g/mol. The molecule has 0 amide bonds. The highest BCUT2D eigenvalue weighted by Gasteiger charge is 1.98. The van der Waals surface area contributed by atoms with Gasteiger partial charge < -0.3 is 10.1 Å². The smallest absolute Gasteiger partial charge is 0.332 e. The molecule has 0 aliphatic heterocycles. The summed E-state index contributed by atoms with van der Waals surface area (Å²) in [7, 11) is 0. The number of carbonyl (C=O) groups is 1. The van der Waals surface area contributed by atoms with Gasteiger partial charge in [-0.05, 0) is 20.3 Å². The van der Waals surface area contributed by atoms with E-state index in [0.29, 0.717) is 6.61 Å². The Balaban J connectivity index is 3.20. The molecule has 3 nitrogen and oxygen atoms in total. The number of unbranched alkanes of at least 4 members (excludes halogenated alkanes) is 15. The molecule has 0 radical (unpaired) electrons. The van der Waals surface area contributed by atoms with E-state index in [1.165, 1.54) is 109 Å². The molecule has 0 aromatic rings. The number of carbonyl (C=O) groups excluding carboxylic acids is 1. The van der Waals surface area contributed by atoms with Gasteiger partial charge in [0.25, 0.3) is 0 Å². The van der Waals surface area contributed by atoms with Crippen molar-refractivity contribution in [3.05, 3.63) is 11.8 Å². The fourth-order valence-electron chi connectivity index (χ4n) is 3.37. The van der Waals surface area contributed by atoms with Crippen LogP contribution in [0, 0.1) is 0 Å². The molecule has 0 aliphatic carbocycles. The second-order valence-electron chi connectivity index (χ2n) is 7.81. The SMILES string of the molecule is CCCCCCCCCCCCCCCCCCNC(C)=CC(=O)OCC. The van der Waals surface area contributed by atoms with Crippen LogP contribution >= 0.6 is 0 Å². The Hall–Kier alpha value is -0.990. The van der Waals surface area contributed by atoms with Crippen LogP contribution in [0.25, 0.3) is 0 Å². The van der Waals surface area contributed by atoms with Crippen molar-refractivity contribution in [2.45, 2.75) is 124 Å². The van der Waals surface area contributed by atoms with Crippen molar-refractivity contribution in [1.82, 2.24) is 5.32 Å². The van der Waals surface area contributed by atoms with Crippen molar-refractivity contribution in [3.8, 4) is 0 Å². The summed E-state index contributed by atoms with van der Waals surface area (Å²) in [5.74, 6) is -0.255. The third kappa shape index (κ3) is 21.2. The quantitative estimate of drug-likeness (QED) is 0.136. The molecule has 0 spiro atoms. The Kier molecular flexibility index (Phi) is 20.5. The molecule has 0 saturated heterocycles. The summed E-state index contributed by atoms with van der Waals surface area (Å²) in [4.78, 5) is 11.3. The van der Waals surface area contributed by atoms with E-state index in [0.717, 1.165) is 12.2 Å². The van der Waals surface area contributed by atoms with Gasteiger partial charge in [-0.2, -0.15) is 0 Å². The van der Waals surface area contributed by atoms with Crippen LogP contribution in [0.5, 0.6) is 0 Å². The van der Waals surface area contributed by atoms with E-state index in [-0.39, 0.29) is 5.97 Å². The predicted molar refractivity (Wildman–Crippen MR) is 118 cm³/mol. The minimum Gasteiger partial charge on any atom is -0.463 e. The van der Waals surface area contributed by atoms with Crippen molar-refractivity contribution in [1.29, 1.82) is 0 Å². The molecule has 0 unspecified atom stereocenters. The van der Waals surface area contributed by atoms with E-state index in [2.05, 4.69) is 12.2 Å². The number of hydrogen-bond donors (Lipinski definition) is 1. The summed E-state index contributed by atoms with van der Waals surface area (Å²) >= 11 is 0. The van der Waals surface area contributed by atoms with E-state index in [1.54, 1.807) is 0 Å². The first-order valence-electron chi connectivity index (χ1n) is 11.8. The van der Waals surface area contributed by atoms with E-state index in [4.69, 9.17) is 4.74 Å². The fourth-order valence-corrected chi connectivity index (χ4v) is 3.37. The number of ether oxygens (including phenoxy) is 1. The first-order valence-corrected chi connectivity index (χ1v) is 11.8. The molecule has 160 valence electrons. The second-order valence-corrected chi connectivity index (χ2v) is 7.81. The topological polar surface area (TPSA) is 38.3 Å². The standard InChI is InChI=1S/C24H47NO2/c1-4-6-7-8-9-10-11-12-13-14-15-16-17-18-19-20-21-25-23(3)22-24(26)27-5-2/h22,25H,4-21H2,1-3H3. The normalized spacial score (nSPS) is 11.6. The van der Waals surface area contributed by atoms with Crippen molar-refractivity contribution in [2.24, 2.45) is 0 Å². The van der Waals surface area contributed by atoms with Gasteiger partial charge in [0.05, 0.1) is 6.61 Å². The van der Waals surface area contributed by atoms with Gasteiger partial charge in [-0.25, -0.2) is 4.79 Å². The van der Waals surface area contributed by atoms with Crippen LogP contribution in [-0.4, -0.2) is 19.1 Å². The van der Waals surface area contributed by atoms with E-state index in [1.807, 2.05) is 13.8 Å². The van der Waals surface area contributed by atoms with Crippen LogP contribution in [0.1, 0.15) is 124 Å². The number of rotatable bonds is 20. The minimum atomic E-state index is -0.255. The lowest BCUT2D eigenvalue weighted by molar-refractivity contribution is -0.137. The average Bonchev–Trinajstić information content (AvgIpc) is 2.64. The lowest BCUT2D eigenvalue weighted by atomic mass is 10.0. The van der Waals surface area contributed by atoms with Gasteiger partial charge in [0, 0.05) is 18.3 Å². The molecule has 0 fully saturated rings. The maximum atomic E-state index is 11.3. The van der Waals surface area contributed by atoms with Crippen molar-refractivity contribution >= 4 is 5.97 Å². The van der Waals surface area contributed by atoms with E-state index < -0.39 is 0 Å². The minimum absolute atomic E-state index is 0.255. The summed E-state index contributed by atoms with van der Waals surface area (Å²) in [6, 6.07) is 0. The highest BCUT2D eigenvalue weighted by Crippen LogP contribution is 2.13. The highest BCUT2D eigenvalue weighted by molar-refractivity contribution is 5.82. The fraction of sp³-hybridized carbons (Fsp3) is 0.875. The van der Waals surface area contributed by atoms with Crippen molar-refractivity contribution in [3.63, 3.8) is 0 Å². The molecular weight excluding hydrogens is 334 g/mol. The summed E-state index contributed by atoms with van der Waals surface area (Å²) in [5.41, 5.74) is 0.898. The van der Waals surface area contributed by atoms with Crippen molar-refractivity contribution < 1.29 is 9.53 Å². The first kappa shape index (κ1) is 26.0. The number of esters is 1. The molecule has 1 N–H and O–H groups in total. The molecule has 0 bridgehead atoms. The third-order valence-electron chi connectivity index (χ3n) is 5.06. The molecule has 0 aromatic heterocycles. The number of hydrogen-bond acceptors (Lipinski definition) is 3. The van der Waals surface area contributed by atoms with Crippen LogP contribution in [0.2, 0.25) is 0 Å². The molecule has 0 aliphatic rings. The molecule has 0 atom stereocenters. The van der Waals surface area contributed by atoms with E-state index in [9.17, 15) is 4.79 Å². The lowest BCUT2D eigenvalue weighted by Crippen LogP contribution is -2.14. The maximum absolute atomic E-state index is 11.3. The van der Waals surface area contributed by atoms with E-state index >= 15 is 0 Å². The zero-order valence-corrected chi connectivity index (χ0v) is 18.6.